The average molecular weight is 251 g/mol. The molecule has 0 bridgehead atoms. The van der Waals surface area contributed by atoms with Crippen molar-refractivity contribution in [2.24, 2.45) is 0 Å². The van der Waals surface area contributed by atoms with Crippen molar-refractivity contribution in [2.45, 2.75) is 30.6 Å². The SMILES string of the molecule is CS(=O)(=O)N1c2ccccc2[C@@H]2C[C@H]3O[C@H]3[C@@H]21. The van der Waals surface area contributed by atoms with Crippen LogP contribution in [0.25, 0.3) is 0 Å². The van der Waals surface area contributed by atoms with Crippen LogP contribution in [0.5, 0.6) is 0 Å². The summed E-state index contributed by atoms with van der Waals surface area (Å²) >= 11 is 0. The summed E-state index contributed by atoms with van der Waals surface area (Å²) in [5, 5.41) is 0. The lowest BCUT2D eigenvalue weighted by atomic mass is 9.97. The van der Waals surface area contributed by atoms with Gasteiger partial charge in [0.05, 0.1) is 24.1 Å². The molecule has 3 aliphatic rings. The fraction of sp³-hybridized carbons (Fsp3) is 0.500. The van der Waals surface area contributed by atoms with E-state index in [0.717, 1.165) is 12.1 Å². The van der Waals surface area contributed by atoms with Gasteiger partial charge in [0.25, 0.3) is 0 Å². The van der Waals surface area contributed by atoms with E-state index in [4.69, 9.17) is 4.74 Å². The molecule has 2 heterocycles. The van der Waals surface area contributed by atoms with Crippen LogP contribution in [0.1, 0.15) is 17.9 Å². The zero-order chi connectivity index (χ0) is 11.8. The van der Waals surface area contributed by atoms with E-state index in [2.05, 4.69) is 0 Å². The summed E-state index contributed by atoms with van der Waals surface area (Å²) in [7, 11) is -3.22. The molecular formula is C12H13NO3S. The zero-order valence-electron chi connectivity index (χ0n) is 9.41. The standard InChI is InChI=1S/C12H13NO3S/c1-17(14,15)13-9-5-3-2-4-7(9)8-6-10-12(16-10)11(8)13/h2-5,8,10-12H,6H2,1H3/t8-,10+,11+,12+/m0/s1. The van der Waals surface area contributed by atoms with Crippen LogP contribution in [0.2, 0.25) is 0 Å². The van der Waals surface area contributed by atoms with Crippen molar-refractivity contribution < 1.29 is 13.2 Å². The molecular weight excluding hydrogens is 238 g/mol. The van der Waals surface area contributed by atoms with Crippen molar-refractivity contribution in [1.82, 2.24) is 0 Å². The van der Waals surface area contributed by atoms with Crippen LogP contribution in [0, 0.1) is 0 Å². The normalized spacial score (nSPS) is 37.6. The Balaban J connectivity index is 1.93. The molecule has 17 heavy (non-hydrogen) atoms. The van der Waals surface area contributed by atoms with Gasteiger partial charge in [0.1, 0.15) is 6.10 Å². The van der Waals surface area contributed by atoms with Gasteiger partial charge in [-0.15, -0.1) is 0 Å². The lowest BCUT2D eigenvalue weighted by molar-refractivity contribution is 0.290. The first-order valence-electron chi connectivity index (χ1n) is 5.81. The summed E-state index contributed by atoms with van der Waals surface area (Å²) in [6.07, 6.45) is 2.63. The Morgan fingerprint density at radius 2 is 2.12 bits per heavy atom. The highest BCUT2D eigenvalue weighted by Gasteiger charge is 2.62. The second-order valence-electron chi connectivity index (χ2n) is 5.09. The Morgan fingerprint density at radius 1 is 1.35 bits per heavy atom. The second-order valence-corrected chi connectivity index (χ2v) is 6.95. The number of nitrogens with zero attached hydrogens (tertiary/aromatic N) is 1. The van der Waals surface area contributed by atoms with Crippen LogP contribution in [-0.2, 0) is 14.8 Å². The van der Waals surface area contributed by atoms with Gasteiger partial charge < -0.3 is 4.74 Å². The first-order valence-corrected chi connectivity index (χ1v) is 7.66. The maximum absolute atomic E-state index is 12.0. The molecule has 2 fully saturated rings. The molecule has 1 aliphatic carbocycles. The molecule has 0 radical (unpaired) electrons. The number of sulfonamides is 1. The third-order valence-corrected chi connectivity index (χ3v) is 5.21. The first-order chi connectivity index (χ1) is 8.07. The van der Waals surface area contributed by atoms with Crippen LogP contribution in [0.3, 0.4) is 0 Å². The molecule has 0 aromatic heterocycles. The Kier molecular flexibility index (Phi) is 1.66. The maximum atomic E-state index is 12.0. The second kappa shape index (κ2) is 2.84. The van der Waals surface area contributed by atoms with Gasteiger partial charge in [0, 0.05) is 5.92 Å². The molecule has 0 amide bonds. The van der Waals surface area contributed by atoms with Crippen molar-refractivity contribution in [2.75, 3.05) is 10.6 Å². The molecule has 1 aromatic carbocycles. The van der Waals surface area contributed by atoms with Crippen molar-refractivity contribution in [1.29, 1.82) is 0 Å². The summed E-state index contributed by atoms with van der Waals surface area (Å²) in [5.41, 5.74) is 2.01. The van der Waals surface area contributed by atoms with Gasteiger partial charge in [-0.25, -0.2) is 8.42 Å². The van der Waals surface area contributed by atoms with Crippen LogP contribution in [-0.4, -0.2) is 32.9 Å². The first kappa shape index (κ1) is 9.91. The summed E-state index contributed by atoms with van der Waals surface area (Å²) < 4.78 is 31.0. The van der Waals surface area contributed by atoms with Crippen LogP contribution in [0.4, 0.5) is 5.69 Å². The highest BCUT2D eigenvalue weighted by Crippen LogP contribution is 2.57. The molecule has 4 atom stereocenters. The molecule has 2 aliphatic heterocycles. The Bertz CT molecular complexity index is 598. The van der Waals surface area contributed by atoms with Gasteiger partial charge in [-0.05, 0) is 18.1 Å². The number of ether oxygens (including phenoxy) is 1. The molecule has 4 nitrogen and oxygen atoms in total. The predicted molar refractivity (Wildman–Crippen MR) is 63.6 cm³/mol. The van der Waals surface area contributed by atoms with E-state index in [1.54, 1.807) is 4.31 Å². The number of epoxide rings is 1. The van der Waals surface area contributed by atoms with Crippen molar-refractivity contribution in [3.05, 3.63) is 29.8 Å². The fourth-order valence-corrected chi connectivity index (χ4v) is 4.67. The van der Waals surface area contributed by atoms with Gasteiger partial charge in [-0.1, -0.05) is 18.2 Å². The van der Waals surface area contributed by atoms with E-state index in [9.17, 15) is 8.42 Å². The summed E-state index contributed by atoms with van der Waals surface area (Å²) in [6, 6.07) is 7.80. The summed E-state index contributed by atoms with van der Waals surface area (Å²) in [5.74, 6) is 0.324. The van der Waals surface area contributed by atoms with Crippen LogP contribution < -0.4 is 4.31 Å². The molecule has 1 saturated carbocycles. The van der Waals surface area contributed by atoms with E-state index in [1.807, 2.05) is 24.3 Å². The van der Waals surface area contributed by atoms with E-state index in [1.165, 1.54) is 11.8 Å². The molecule has 5 heteroatoms. The number of benzene rings is 1. The minimum Gasteiger partial charge on any atom is -0.367 e. The topological polar surface area (TPSA) is 49.9 Å². The van der Waals surface area contributed by atoms with Gasteiger partial charge >= 0.3 is 0 Å². The minimum absolute atomic E-state index is 0.00704. The van der Waals surface area contributed by atoms with E-state index in [-0.39, 0.29) is 18.2 Å². The Hall–Kier alpha value is -1.07. The van der Waals surface area contributed by atoms with Gasteiger partial charge in [-0.3, -0.25) is 4.31 Å². The van der Waals surface area contributed by atoms with Gasteiger partial charge in [0.2, 0.25) is 10.0 Å². The summed E-state index contributed by atoms with van der Waals surface area (Å²) in [4.78, 5) is 0. The smallest absolute Gasteiger partial charge is 0.232 e. The van der Waals surface area contributed by atoms with Gasteiger partial charge in [-0.2, -0.15) is 0 Å². The molecule has 4 rings (SSSR count). The lowest BCUT2D eigenvalue weighted by Gasteiger charge is -2.24. The third kappa shape index (κ3) is 1.18. The van der Waals surface area contributed by atoms with Crippen LogP contribution >= 0.6 is 0 Å². The Morgan fingerprint density at radius 3 is 2.88 bits per heavy atom. The molecule has 0 spiro atoms. The highest BCUT2D eigenvalue weighted by atomic mass is 32.2. The van der Waals surface area contributed by atoms with Crippen molar-refractivity contribution in [3.63, 3.8) is 0 Å². The quantitative estimate of drug-likeness (QED) is 0.702. The number of anilines is 1. The zero-order valence-corrected chi connectivity index (χ0v) is 10.2. The van der Waals surface area contributed by atoms with Crippen LogP contribution in [0.15, 0.2) is 24.3 Å². The van der Waals surface area contributed by atoms with Crippen molar-refractivity contribution in [3.8, 4) is 0 Å². The monoisotopic (exact) mass is 251 g/mol. The maximum Gasteiger partial charge on any atom is 0.232 e. The molecule has 1 saturated heterocycles. The number of fused-ring (bicyclic) bond motifs is 5. The van der Waals surface area contributed by atoms with E-state index < -0.39 is 10.0 Å². The molecule has 0 unspecified atom stereocenters. The molecule has 0 N–H and O–H groups in total. The minimum atomic E-state index is -3.22. The van der Waals surface area contributed by atoms with Gasteiger partial charge in [0.15, 0.2) is 0 Å². The Labute approximate surface area is 100 Å². The number of para-hydroxylation sites is 1. The molecule has 1 aromatic rings. The number of hydrogen-bond acceptors (Lipinski definition) is 3. The van der Waals surface area contributed by atoms with E-state index >= 15 is 0 Å². The fourth-order valence-electron chi connectivity index (χ4n) is 3.44. The highest BCUT2D eigenvalue weighted by molar-refractivity contribution is 7.92. The lowest BCUT2D eigenvalue weighted by Crippen LogP contribution is -2.40. The number of hydrogen-bond donors (Lipinski definition) is 0. The van der Waals surface area contributed by atoms with Crippen molar-refractivity contribution >= 4 is 15.7 Å². The molecule has 90 valence electrons. The average Bonchev–Trinajstić information content (AvgIpc) is 2.79. The number of rotatable bonds is 1. The largest absolute Gasteiger partial charge is 0.367 e. The van der Waals surface area contributed by atoms with E-state index in [0.29, 0.717) is 5.92 Å². The summed E-state index contributed by atoms with van der Waals surface area (Å²) in [6.45, 7) is 0. The third-order valence-electron chi connectivity index (χ3n) is 4.06. The predicted octanol–water partition coefficient (Wildman–Crippen LogP) is 1.09.